The molecule has 1 atom stereocenters. The van der Waals surface area contributed by atoms with E-state index < -0.39 is 15.9 Å². The molecule has 1 aliphatic rings. The molecule has 10 nitrogen and oxygen atoms in total. The number of nitrogens with two attached hydrogens (primary N) is 1. The molecule has 0 radical (unpaired) electrons. The molecule has 202 valence electrons. The molecule has 1 amide bonds. The van der Waals surface area contributed by atoms with Crippen LogP contribution < -0.4 is 20.5 Å². The summed E-state index contributed by atoms with van der Waals surface area (Å²) in [5.74, 6) is 0.506. The summed E-state index contributed by atoms with van der Waals surface area (Å²) in [7, 11) is -3.75. The largest absolute Gasteiger partial charge is 0.484 e. The van der Waals surface area contributed by atoms with Crippen LogP contribution in [0.5, 0.6) is 5.75 Å². The molecule has 4 aromatic rings. The highest BCUT2D eigenvalue weighted by molar-refractivity contribution is 7.89. The van der Waals surface area contributed by atoms with Gasteiger partial charge in [0.1, 0.15) is 11.4 Å². The molecule has 1 saturated heterocycles. The minimum absolute atomic E-state index is 0.100. The van der Waals surface area contributed by atoms with Crippen molar-refractivity contribution in [3.05, 3.63) is 72.3 Å². The van der Waals surface area contributed by atoms with Gasteiger partial charge in [-0.25, -0.2) is 13.1 Å². The molecule has 2 heterocycles. The summed E-state index contributed by atoms with van der Waals surface area (Å²) in [5.41, 5.74) is 7.72. The predicted molar refractivity (Wildman–Crippen MR) is 148 cm³/mol. The van der Waals surface area contributed by atoms with Crippen LogP contribution in [-0.2, 0) is 19.6 Å². The Labute approximate surface area is 226 Å². The van der Waals surface area contributed by atoms with Crippen LogP contribution in [0.2, 0.25) is 0 Å². The lowest BCUT2D eigenvalue weighted by Crippen LogP contribution is -2.32. The van der Waals surface area contributed by atoms with Crippen LogP contribution >= 0.6 is 0 Å². The molecule has 0 aliphatic carbocycles. The third kappa shape index (κ3) is 6.17. The van der Waals surface area contributed by atoms with Gasteiger partial charge in [-0.3, -0.25) is 4.79 Å². The van der Waals surface area contributed by atoms with Gasteiger partial charge >= 0.3 is 0 Å². The Kier molecular flexibility index (Phi) is 7.73. The number of amides is 1. The zero-order chi connectivity index (χ0) is 27.4. The van der Waals surface area contributed by atoms with E-state index in [0.717, 1.165) is 29.3 Å². The lowest BCUT2D eigenvalue weighted by molar-refractivity contribution is -0.119. The third-order valence-electron chi connectivity index (χ3n) is 6.46. The molecule has 1 aliphatic heterocycles. The molecular formula is C28H29N5O5S. The van der Waals surface area contributed by atoms with E-state index in [1.54, 1.807) is 43.3 Å². The molecule has 1 fully saturated rings. The van der Waals surface area contributed by atoms with Crippen molar-refractivity contribution >= 4 is 38.2 Å². The van der Waals surface area contributed by atoms with Gasteiger partial charge in [-0.1, -0.05) is 36.4 Å². The van der Waals surface area contributed by atoms with E-state index in [1.807, 2.05) is 30.3 Å². The topological polar surface area (TPSA) is 146 Å². The van der Waals surface area contributed by atoms with E-state index >= 15 is 0 Å². The van der Waals surface area contributed by atoms with Crippen LogP contribution in [0.4, 0.5) is 11.5 Å². The fourth-order valence-corrected chi connectivity index (χ4v) is 5.79. The molecule has 0 spiro atoms. The summed E-state index contributed by atoms with van der Waals surface area (Å²) >= 11 is 0. The van der Waals surface area contributed by atoms with Gasteiger partial charge in [0.25, 0.3) is 5.91 Å². The number of benzene rings is 3. The number of aryl methyl sites for hydroxylation is 1. The summed E-state index contributed by atoms with van der Waals surface area (Å²) in [6, 6.07) is 19.9. The molecule has 0 bridgehead atoms. The van der Waals surface area contributed by atoms with E-state index in [4.69, 9.17) is 15.2 Å². The highest BCUT2D eigenvalue weighted by Gasteiger charge is 2.23. The number of sulfonamides is 1. The quantitative estimate of drug-likeness (QED) is 0.273. The average Bonchev–Trinajstić information content (AvgIpc) is 3.46. The van der Waals surface area contributed by atoms with Crippen LogP contribution in [0, 0.1) is 6.92 Å². The van der Waals surface area contributed by atoms with Crippen LogP contribution in [-0.4, -0.2) is 50.4 Å². The van der Waals surface area contributed by atoms with Gasteiger partial charge in [0.15, 0.2) is 12.4 Å². The Bertz CT molecular complexity index is 1600. The highest BCUT2D eigenvalue weighted by atomic mass is 32.2. The molecule has 4 N–H and O–H groups in total. The maximum absolute atomic E-state index is 13.2. The molecule has 39 heavy (non-hydrogen) atoms. The fourth-order valence-electron chi connectivity index (χ4n) is 4.46. The van der Waals surface area contributed by atoms with Gasteiger partial charge in [0.2, 0.25) is 10.0 Å². The van der Waals surface area contributed by atoms with Gasteiger partial charge in [0, 0.05) is 35.2 Å². The number of primary amides is 1. The second-order valence-corrected chi connectivity index (χ2v) is 11.0. The monoisotopic (exact) mass is 547 g/mol. The van der Waals surface area contributed by atoms with Gasteiger partial charge in [-0.2, -0.15) is 0 Å². The zero-order valence-electron chi connectivity index (χ0n) is 21.4. The summed E-state index contributed by atoms with van der Waals surface area (Å²) in [4.78, 5) is 11.1. The van der Waals surface area contributed by atoms with E-state index in [-0.39, 0.29) is 24.2 Å². The van der Waals surface area contributed by atoms with Crippen LogP contribution in [0.3, 0.4) is 0 Å². The summed E-state index contributed by atoms with van der Waals surface area (Å²) in [6.45, 7) is 2.48. The van der Waals surface area contributed by atoms with Crippen molar-refractivity contribution in [1.82, 2.24) is 14.9 Å². The minimum atomic E-state index is -3.75. The predicted octanol–water partition coefficient (Wildman–Crippen LogP) is 3.67. The maximum atomic E-state index is 13.2. The molecule has 5 rings (SSSR count). The molecule has 0 saturated carbocycles. The maximum Gasteiger partial charge on any atom is 0.255 e. The lowest BCUT2D eigenvalue weighted by Gasteiger charge is -2.15. The minimum Gasteiger partial charge on any atom is -0.484 e. The second-order valence-electron chi connectivity index (χ2n) is 9.31. The molecule has 0 unspecified atom stereocenters. The molecule has 1 aromatic heterocycles. The summed E-state index contributed by atoms with van der Waals surface area (Å²) < 4.78 is 39.9. The Morgan fingerprint density at radius 3 is 2.56 bits per heavy atom. The van der Waals surface area contributed by atoms with Gasteiger partial charge in [0.05, 0.1) is 11.0 Å². The summed E-state index contributed by atoms with van der Waals surface area (Å²) in [5, 5.41) is 13.8. The van der Waals surface area contributed by atoms with Gasteiger partial charge in [-0.05, 0) is 55.7 Å². The van der Waals surface area contributed by atoms with Crippen LogP contribution in [0.25, 0.3) is 22.0 Å². The number of hydrogen-bond donors (Lipinski definition) is 3. The first-order chi connectivity index (χ1) is 18.8. The van der Waals surface area contributed by atoms with Crippen molar-refractivity contribution in [2.24, 2.45) is 5.73 Å². The SMILES string of the molecule is Cc1ccc(-c2nnc(Nc3ccc(OCC(N)=O)cc3)c3ccccc23)cc1S(=O)(=O)NC[C@@H]1CCCO1. The fraction of sp³-hybridized carbons (Fsp3) is 0.250. The van der Waals surface area contributed by atoms with Crippen molar-refractivity contribution < 1.29 is 22.7 Å². The number of nitrogens with one attached hydrogen (secondary N) is 2. The highest BCUT2D eigenvalue weighted by Crippen LogP contribution is 2.33. The van der Waals surface area contributed by atoms with Crippen molar-refractivity contribution in [2.45, 2.75) is 30.8 Å². The van der Waals surface area contributed by atoms with Crippen LogP contribution in [0.15, 0.2) is 71.6 Å². The normalized spacial score (nSPS) is 15.4. The van der Waals surface area contributed by atoms with Gasteiger partial charge in [-0.15, -0.1) is 10.2 Å². The second kappa shape index (κ2) is 11.4. The van der Waals surface area contributed by atoms with Crippen molar-refractivity contribution in [1.29, 1.82) is 0 Å². The van der Waals surface area contributed by atoms with Crippen LogP contribution in [0.1, 0.15) is 18.4 Å². The number of nitrogens with zero attached hydrogens (tertiary/aromatic N) is 2. The Morgan fingerprint density at radius 2 is 1.85 bits per heavy atom. The number of carbonyl (C=O) groups is 1. The zero-order valence-corrected chi connectivity index (χ0v) is 22.2. The van der Waals surface area contributed by atoms with E-state index in [9.17, 15) is 13.2 Å². The average molecular weight is 548 g/mol. The first kappa shape index (κ1) is 26.5. The Morgan fingerprint density at radius 1 is 1.08 bits per heavy atom. The molecule has 11 heteroatoms. The number of ether oxygens (including phenoxy) is 2. The third-order valence-corrected chi connectivity index (χ3v) is 8.03. The molecular weight excluding hydrogens is 518 g/mol. The van der Waals surface area contributed by atoms with Crippen molar-refractivity contribution in [3.8, 4) is 17.0 Å². The number of carbonyl (C=O) groups excluding carboxylic acids is 1. The first-order valence-electron chi connectivity index (χ1n) is 12.6. The number of anilines is 2. The summed E-state index contributed by atoms with van der Waals surface area (Å²) in [6.07, 6.45) is 1.68. The van der Waals surface area contributed by atoms with Crippen molar-refractivity contribution in [3.63, 3.8) is 0 Å². The number of aromatic nitrogens is 2. The molecule has 3 aromatic carbocycles. The van der Waals surface area contributed by atoms with E-state index in [0.29, 0.717) is 35.0 Å². The van der Waals surface area contributed by atoms with E-state index in [2.05, 4.69) is 20.2 Å². The Hall–Kier alpha value is -4.06. The number of hydrogen-bond acceptors (Lipinski definition) is 8. The first-order valence-corrected chi connectivity index (χ1v) is 14.0. The smallest absolute Gasteiger partial charge is 0.255 e. The Balaban J connectivity index is 1.43. The van der Waals surface area contributed by atoms with Gasteiger partial charge < -0.3 is 20.5 Å². The standard InChI is InChI=1S/C28H29N5O5S/c1-18-8-9-19(15-25(18)39(35,36)30-16-22-5-4-14-37-22)27-23-6-2-3-7-24(23)28(33-32-27)31-20-10-12-21(13-11-20)38-17-26(29)34/h2-3,6-13,15,22,30H,4-5,14,16-17H2,1H3,(H2,29,34)(H,31,33)/t22-/m0/s1. The van der Waals surface area contributed by atoms with E-state index in [1.165, 1.54) is 0 Å². The van der Waals surface area contributed by atoms with Crippen molar-refractivity contribution in [2.75, 3.05) is 25.1 Å². The lowest BCUT2D eigenvalue weighted by atomic mass is 10.0. The number of fused-ring (bicyclic) bond motifs is 1. The number of rotatable bonds is 10.